The molecular formula is C27H42N5O3SY-. The van der Waals surface area contributed by atoms with E-state index in [2.05, 4.69) is 33.1 Å². The first-order chi connectivity index (χ1) is 17.4. The van der Waals surface area contributed by atoms with Crippen LogP contribution < -0.4 is 21.4 Å². The molecule has 0 aliphatic carbocycles. The normalized spacial score (nSPS) is 12.6. The minimum absolute atomic E-state index is 0. The van der Waals surface area contributed by atoms with Crippen molar-refractivity contribution in [2.24, 2.45) is 0 Å². The zero-order valence-corrected chi connectivity index (χ0v) is 26.7. The Balaban J connectivity index is 0.00000129. The fourth-order valence-electron chi connectivity index (χ4n) is 3.83. The summed E-state index contributed by atoms with van der Waals surface area (Å²) in [6, 6.07) is 10.8. The number of phenolic OH excluding ortho intramolecular Hbond substituents is 1. The molecule has 1 aromatic heterocycles. The molecule has 0 saturated carbocycles. The number of nitrogens with zero attached hydrogens (tertiary/aromatic N) is 2. The summed E-state index contributed by atoms with van der Waals surface area (Å²) in [6.45, 7) is 10.4. The number of nitrogens with one attached hydrogen (secondary N) is 2. The van der Waals surface area contributed by atoms with Gasteiger partial charge >= 0.3 is 5.63 Å². The van der Waals surface area contributed by atoms with Gasteiger partial charge in [-0.25, -0.2) is 4.79 Å². The zero-order chi connectivity index (χ0) is 27.1. The molecule has 0 atom stereocenters. The third-order valence-electron chi connectivity index (χ3n) is 5.55. The van der Waals surface area contributed by atoms with Gasteiger partial charge in [-0.1, -0.05) is 38.8 Å². The van der Waals surface area contributed by atoms with Crippen molar-refractivity contribution in [1.29, 1.82) is 0 Å². The number of benzene rings is 2. The number of hydrogen-bond acceptors (Lipinski definition) is 8. The minimum Gasteiger partial charge on any atom is -0.668 e. The van der Waals surface area contributed by atoms with Crippen LogP contribution in [-0.2, 0) is 45.7 Å². The molecule has 0 unspecified atom stereocenters. The second-order valence-corrected chi connectivity index (χ2v) is 8.48. The first-order valence-electron chi connectivity index (χ1n) is 12.2. The van der Waals surface area contributed by atoms with Crippen molar-refractivity contribution >= 4 is 29.5 Å². The van der Waals surface area contributed by atoms with Crippen molar-refractivity contribution < 1.29 is 42.2 Å². The van der Waals surface area contributed by atoms with E-state index in [4.69, 9.17) is 10.2 Å². The molecule has 8 nitrogen and oxygen atoms in total. The maximum absolute atomic E-state index is 12.9. The number of phenols is 1. The maximum atomic E-state index is 12.9. The molecule has 2 heterocycles. The summed E-state index contributed by atoms with van der Waals surface area (Å²) in [5.74, 6) is 0.0863. The van der Waals surface area contributed by atoms with E-state index in [1.54, 1.807) is 27.2 Å². The molecule has 1 aliphatic heterocycles. The number of piperazine rings is 1. The largest absolute Gasteiger partial charge is 0.668 e. The summed E-state index contributed by atoms with van der Waals surface area (Å²) in [7, 11) is 5.24. The third kappa shape index (κ3) is 11.0. The predicted octanol–water partition coefficient (Wildman–Crippen LogP) is 4.08. The van der Waals surface area contributed by atoms with E-state index in [0.29, 0.717) is 24.1 Å². The van der Waals surface area contributed by atoms with Gasteiger partial charge in [-0.3, -0.25) is 9.62 Å². The zero-order valence-electron chi connectivity index (χ0n) is 23.0. The van der Waals surface area contributed by atoms with Gasteiger partial charge in [0.05, 0.1) is 0 Å². The van der Waals surface area contributed by atoms with E-state index in [9.17, 15) is 9.90 Å². The monoisotopic (exact) mass is 605 g/mol. The molecule has 5 N–H and O–H groups in total. The van der Waals surface area contributed by atoms with Gasteiger partial charge in [0.1, 0.15) is 11.3 Å². The number of anilines is 1. The van der Waals surface area contributed by atoms with Gasteiger partial charge in [-0.05, 0) is 48.9 Å². The van der Waals surface area contributed by atoms with E-state index in [1.807, 2.05) is 45.0 Å². The summed E-state index contributed by atoms with van der Waals surface area (Å²) >= 11 is 3.54. The first-order valence-corrected chi connectivity index (χ1v) is 12.6. The van der Waals surface area contributed by atoms with Crippen molar-refractivity contribution in [3.8, 4) is 5.75 Å². The van der Waals surface area contributed by atoms with Crippen LogP contribution in [0.1, 0.15) is 36.1 Å². The minimum atomic E-state index is -0.356. The number of nitrogen functional groups attached to an aromatic ring is 1. The molecule has 37 heavy (non-hydrogen) atoms. The van der Waals surface area contributed by atoms with Gasteiger partial charge in [0, 0.05) is 94.6 Å². The average Bonchev–Trinajstić information content (AvgIpc) is 2.86. The van der Waals surface area contributed by atoms with E-state index in [-0.39, 0.29) is 44.1 Å². The van der Waals surface area contributed by atoms with Crippen molar-refractivity contribution in [1.82, 2.24) is 14.9 Å². The Labute approximate surface area is 252 Å². The molecule has 4 rings (SSSR count). The molecule has 1 radical (unpaired) electrons. The van der Waals surface area contributed by atoms with Crippen LogP contribution in [0.2, 0.25) is 0 Å². The van der Waals surface area contributed by atoms with Gasteiger partial charge in [0.25, 0.3) is 0 Å². The van der Waals surface area contributed by atoms with Crippen molar-refractivity contribution in [2.45, 2.75) is 33.7 Å². The summed E-state index contributed by atoms with van der Waals surface area (Å²) < 4.78 is 8.01. The quantitative estimate of drug-likeness (QED) is 0.173. The molecule has 1 saturated heterocycles. The second kappa shape index (κ2) is 19.6. The Morgan fingerprint density at radius 3 is 2.35 bits per heavy atom. The number of fused-ring (bicyclic) bond motifs is 1. The van der Waals surface area contributed by atoms with Crippen molar-refractivity contribution in [2.75, 3.05) is 53.1 Å². The van der Waals surface area contributed by atoms with Crippen molar-refractivity contribution in [3.63, 3.8) is 0 Å². The molecule has 1 fully saturated rings. The van der Waals surface area contributed by atoms with Crippen LogP contribution in [0.4, 0.5) is 5.69 Å². The number of thiol groups is 1. The smallest absolute Gasteiger partial charge is 0.340 e. The number of aromatic hydroxyl groups is 1. The Hall–Kier alpha value is -1.46. The topological polar surface area (TPSA) is 118 Å². The van der Waals surface area contributed by atoms with Gasteiger partial charge in [-0.15, -0.1) is 0 Å². The van der Waals surface area contributed by atoms with E-state index in [1.165, 1.54) is 6.07 Å². The molecule has 1 aliphatic rings. The summed E-state index contributed by atoms with van der Waals surface area (Å²) in [6.07, 6.45) is 0.470. The van der Waals surface area contributed by atoms with E-state index in [0.717, 1.165) is 53.9 Å². The number of hydrogen-bond donors (Lipinski definition) is 5. The summed E-state index contributed by atoms with van der Waals surface area (Å²) in [5, 5.41) is 17.5. The average molecular weight is 606 g/mol. The van der Waals surface area contributed by atoms with Crippen molar-refractivity contribution in [3.05, 3.63) is 74.4 Å². The SMILES string of the molecule is CC.CNS.C[N-]C.Cc1c(N)cccc1Cc1c(CN2CCNCC2)c2ccc(O)cc2oc1=O.[Y]. The van der Waals surface area contributed by atoms with Crippen LogP contribution in [0, 0.1) is 6.92 Å². The predicted molar refractivity (Wildman–Crippen MR) is 155 cm³/mol. The number of rotatable bonds is 4. The fraction of sp³-hybridized carbons (Fsp3) is 0.444. The van der Waals surface area contributed by atoms with E-state index >= 15 is 0 Å². The maximum Gasteiger partial charge on any atom is 0.340 e. The van der Waals surface area contributed by atoms with Crippen LogP contribution in [0.3, 0.4) is 0 Å². The van der Waals surface area contributed by atoms with E-state index < -0.39 is 0 Å². The molecule has 10 heteroatoms. The molecule has 0 spiro atoms. The van der Waals surface area contributed by atoms with Crippen LogP contribution >= 0.6 is 12.8 Å². The van der Waals surface area contributed by atoms with Gasteiger partial charge in [-0.2, -0.15) is 14.1 Å². The third-order valence-corrected chi connectivity index (χ3v) is 5.55. The molecule has 2 aromatic carbocycles. The molecule has 3 aromatic rings. The van der Waals surface area contributed by atoms with Gasteiger partial charge < -0.3 is 25.9 Å². The number of nitrogens with two attached hydrogens (primary N) is 1. The second-order valence-electron chi connectivity index (χ2n) is 8.03. The molecule has 0 bridgehead atoms. The van der Waals surface area contributed by atoms with Crippen LogP contribution in [0.5, 0.6) is 5.75 Å². The van der Waals surface area contributed by atoms with Gasteiger partial charge in [0.15, 0.2) is 0 Å². The van der Waals surface area contributed by atoms with Crippen LogP contribution in [0.15, 0.2) is 45.6 Å². The van der Waals surface area contributed by atoms with Gasteiger partial charge in [0.2, 0.25) is 0 Å². The van der Waals surface area contributed by atoms with Crippen LogP contribution in [-0.4, -0.2) is 57.3 Å². The summed E-state index contributed by atoms with van der Waals surface area (Å²) in [5.41, 5.74) is 10.5. The molecular weight excluding hydrogens is 563 g/mol. The Morgan fingerprint density at radius 1 is 1.16 bits per heavy atom. The molecule has 0 amide bonds. The Bertz CT molecular complexity index is 1120. The standard InChI is InChI=1S/C22H25N3O3.C2H6N.C2H6.CH5NS.Y/c1-14-15(3-2-4-20(14)23)11-18-19(13-25-9-7-24-8-10-25)17-6-5-16(26)12-21(17)28-22(18)27;1-3-2;1-2;1-2-3;/h2-6,12,24,26H,7-11,13,23H2,1H3;1-2H3;1-2H3;2-3H,1H3;/q;-1;;;. The first kappa shape index (κ1) is 35.5. The Kier molecular flexibility index (Phi) is 18.8. The molecule has 203 valence electrons. The fourth-order valence-corrected chi connectivity index (χ4v) is 3.83. The summed E-state index contributed by atoms with van der Waals surface area (Å²) in [4.78, 5) is 15.2. The van der Waals surface area contributed by atoms with Crippen LogP contribution in [0.25, 0.3) is 16.3 Å². The Morgan fingerprint density at radius 2 is 1.76 bits per heavy atom.